The molecule has 1 fully saturated rings. The second-order valence-electron chi connectivity index (χ2n) is 3.94. The van der Waals surface area contributed by atoms with Gasteiger partial charge in [0.1, 0.15) is 5.69 Å². The van der Waals surface area contributed by atoms with Gasteiger partial charge in [-0.05, 0) is 18.9 Å². The number of Topliss-reactive ketones (excluding diaryl/α,β-unsaturated/α-hetero) is 1. The second kappa shape index (κ2) is 3.75. The van der Waals surface area contributed by atoms with Gasteiger partial charge in [-0.1, -0.05) is 0 Å². The lowest BCUT2D eigenvalue weighted by Gasteiger charge is -2.31. The Morgan fingerprint density at radius 2 is 2.27 bits per heavy atom. The highest BCUT2D eigenvalue weighted by molar-refractivity contribution is 6.01. The van der Waals surface area contributed by atoms with Gasteiger partial charge >= 0.3 is 0 Å². The maximum Gasteiger partial charge on any atom is 0.200 e. The fourth-order valence-corrected chi connectivity index (χ4v) is 1.81. The molecular formula is C10H15N3O2. The summed E-state index contributed by atoms with van der Waals surface area (Å²) in [5, 5.41) is 3.97. The summed E-state index contributed by atoms with van der Waals surface area (Å²) in [6.45, 7) is 1.11. The van der Waals surface area contributed by atoms with E-state index in [1.165, 1.54) is 0 Å². The standard InChI is InChI=1S/C10H15N3O2/c1-13-8(2-5-12-13)9(14)10(11)3-6-15-7-4-10/h2,5H,3-4,6-7,11H2,1H3. The number of ketones is 1. The predicted octanol–water partition coefficient (Wildman–Crippen LogP) is 0.111. The normalized spacial score (nSPS) is 20.1. The minimum Gasteiger partial charge on any atom is -0.381 e. The zero-order chi connectivity index (χ0) is 10.9. The first-order valence-electron chi connectivity index (χ1n) is 5.03. The summed E-state index contributed by atoms with van der Waals surface area (Å²) in [6, 6.07) is 1.70. The molecule has 0 bridgehead atoms. The van der Waals surface area contributed by atoms with E-state index in [2.05, 4.69) is 5.10 Å². The number of nitrogens with two attached hydrogens (primary N) is 1. The molecule has 1 saturated heterocycles. The van der Waals surface area contributed by atoms with Gasteiger partial charge in [-0.25, -0.2) is 0 Å². The van der Waals surface area contributed by atoms with Gasteiger partial charge in [0.25, 0.3) is 0 Å². The van der Waals surface area contributed by atoms with Crippen molar-refractivity contribution in [2.24, 2.45) is 12.8 Å². The summed E-state index contributed by atoms with van der Waals surface area (Å²) in [7, 11) is 1.75. The summed E-state index contributed by atoms with van der Waals surface area (Å²) >= 11 is 0. The number of aromatic nitrogens is 2. The molecule has 82 valence electrons. The number of nitrogens with zero attached hydrogens (tertiary/aromatic N) is 2. The van der Waals surface area contributed by atoms with Gasteiger partial charge in [-0.2, -0.15) is 5.10 Å². The number of hydrogen-bond acceptors (Lipinski definition) is 4. The fourth-order valence-electron chi connectivity index (χ4n) is 1.81. The van der Waals surface area contributed by atoms with Crippen molar-refractivity contribution in [2.75, 3.05) is 13.2 Å². The van der Waals surface area contributed by atoms with Gasteiger partial charge in [-0.15, -0.1) is 0 Å². The quantitative estimate of drug-likeness (QED) is 0.702. The largest absolute Gasteiger partial charge is 0.381 e. The van der Waals surface area contributed by atoms with Crippen LogP contribution in [0.1, 0.15) is 23.3 Å². The highest BCUT2D eigenvalue weighted by Crippen LogP contribution is 2.22. The molecule has 5 nitrogen and oxygen atoms in total. The Kier molecular flexibility index (Phi) is 2.58. The topological polar surface area (TPSA) is 70.1 Å². The molecule has 0 atom stereocenters. The van der Waals surface area contributed by atoms with E-state index in [9.17, 15) is 4.79 Å². The molecule has 2 heterocycles. The van der Waals surface area contributed by atoms with Crippen LogP contribution in [-0.2, 0) is 11.8 Å². The number of aryl methyl sites for hydroxylation is 1. The van der Waals surface area contributed by atoms with Gasteiger partial charge in [-0.3, -0.25) is 9.48 Å². The van der Waals surface area contributed by atoms with Crippen LogP contribution in [0.15, 0.2) is 12.3 Å². The Bertz CT molecular complexity index is 366. The molecule has 0 amide bonds. The van der Waals surface area contributed by atoms with Crippen molar-refractivity contribution >= 4 is 5.78 Å². The Morgan fingerprint density at radius 1 is 1.60 bits per heavy atom. The average molecular weight is 209 g/mol. The molecule has 1 aliphatic heterocycles. The van der Waals surface area contributed by atoms with Crippen LogP contribution < -0.4 is 5.73 Å². The monoisotopic (exact) mass is 209 g/mol. The van der Waals surface area contributed by atoms with E-state index in [0.717, 1.165) is 0 Å². The second-order valence-corrected chi connectivity index (χ2v) is 3.94. The fraction of sp³-hybridized carbons (Fsp3) is 0.600. The van der Waals surface area contributed by atoms with E-state index in [4.69, 9.17) is 10.5 Å². The van der Waals surface area contributed by atoms with Gasteiger partial charge in [0.15, 0.2) is 0 Å². The molecule has 2 rings (SSSR count). The molecule has 2 N–H and O–H groups in total. The van der Waals surface area contributed by atoms with Gasteiger partial charge in [0.05, 0.1) is 5.54 Å². The van der Waals surface area contributed by atoms with E-state index in [1.807, 2.05) is 0 Å². The Labute approximate surface area is 88.2 Å². The lowest BCUT2D eigenvalue weighted by Crippen LogP contribution is -2.52. The van der Waals surface area contributed by atoms with Crippen molar-refractivity contribution in [3.05, 3.63) is 18.0 Å². The Balaban J connectivity index is 2.23. The molecule has 0 unspecified atom stereocenters. The van der Waals surface area contributed by atoms with E-state index in [0.29, 0.717) is 31.7 Å². The smallest absolute Gasteiger partial charge is 0.200 e. The molecule has 0 radical (unpaired) electrons. The SMILES string of the molecule is Cn1nccc1C(=O)C1(N)CCOCC1. The molecule has 1 aliphatic rings. The molecule has 5 heteroatoms. The molecular weight excluding hydrogens is 194 g/mol. The number of rotatable bonds is 2. The van der Waals surface area contributed by atoms with Crippen LogP contribution >= 0.6 is 0 Å². The van der Waals surface area contributed by atoms with Gasteiger partial charge in [0.2, 0.25) is 5.78 Å². The molecule has 0 spiro atoms. The number of hydrogen-bond donors (Lipinski definition) is 1. The molecule has 15 heavy (non-hydrogen) atoms. The number of carbonyl (C=O) groups is 1. The maximum atomic E-state index is 12.2. The molecule has 0 saturated carbocycles. The van der Waals surface area contributed by atoms with Crippen molar-refractivity contribution in [2.45, 2.75) is 18.4 Å². The van der Waals surface area contributed by atoms with Crippen molar-refractivity contribution in [1.82, 2.24) is 9.78 Å². The van der Waals surface area contributed by atoms with E-state index < -0.39 is 5.54 Å². The highest BCUT2D eigenvalue weighted by Gasteiger charge is 2.37. The third-order valence-corrected chi connectivity index (χ3v) is 2.89. The van der Waals surface area contributed by atoms with Crippen LogP contribution in [0.25, 0.3) is 0 Å². The lowest BCUT2D eigenvalue weighted by molar-refractivity contribution is 0.0442. The summed E-state index contributed by atoms with van der Waals surface area (Å²) in [6.07, 6.45) is 2.77. The third kappa shape index (κ3) is 1.80. The van der Waals surface area contributed by atoms with Crippen molar-refractivity contribution in [1.29, 1.82) is 0 Å². The van der Waals surface area contributed by atoms with Crippen molar-refractivity contribution < 1.29 is 9.53 Å². The van der Waals surface area contributed by atoms with Gasteiger partial charge < -0.3 is 10.5 Å². The number of ether oxygens (including phenoxy) is 1. The minimum atomic E-state index is -0.772. The Hall–Kier alpha value is -1.20. The zero-order valence-electron chi connectivity index (χ0n) is 8.77. The maximum absolute atomic E-state index is 12.2. The van der Waals surface area contributed by atoms with Crippen LogP contribution in [0.2, 0.25) is 0 Å². The third-order valence-electron chi connectivity index (χ3n) is 2.89. The first-order valence-corrected chi connectivity index (χ1v) is 5.03. The summed E-state index contributed by atoms with van der Waals surface area (Å²) in [4.78, 5) is 12.2. The molecule has 1 aromatic heterocycles. The first kappa shape index (κ1) is 10.3. The van der Waals surface area contributed by atoms with Crippen LogP contribution in [-0.4, -0.2) is 34.3 Å². The van der Waals surface area contributed by atoms with E-state index in [1.54, 1.807) is 24.0 Å². The van der Waals surface area contributed by atoms with E-state index >= 15 is 0 Å². The summed E-state index contributed by atoms with van der Waals surface area (Å²) in [5.74, 6) is -0.0363. The van der Waals surface area contributed by atoms with Gasteiger partial charge in [0, 0.05) is 26.5 Å². The van der Waals surface area contributed by atoms with Crippen molar-refractivity contribution in [3.63, 3.8) is 0 Å². The zero-order valence-corrected chi connectivity index (χ0v) is 8.77. The number of carbonyl (C=O) groups excluding carboxylic acids is 1. The van der Waals surface area contributed by atoms with Crippen LogP contribution in [0.4, 0.5) is 0 Å². The molecule has 0 aromatic carbocycles. The van der Waals surface area contributed by atoms with Crippen LogP contribution in [0.5, 0.6) is 0 Å². The van der Waals surface area contributed by atoms with Crippen LogP contribution in [0, 0.1) is 0 Å². The predicted molar refractivity (Wildman–Crippen MR) is 54.5 cm³/mol. The molecule has 0 aliphatic carbocycles. The summed E-state index contributed by atoms with van der Waals surface area (Å²) < 4.78 is 6.77. The summed E-state index contributed by atoms with van der Waals surface area (Å²) in [5.41, 5.74) is 5.89. The highest BCUT2D eigenvalue weighted by atomic mass is 16.5. The first-order chi connectivity index (χ1) is 7.13. The molecule has 1 aromatic rings. The van der Waals surface area contributed by atoms with Crippen LogP contribution in [0.3, 0.4) is 0 Å². The van der Waals surface area contributed by atoms with E-state index in [-0.39, 0.29) is 5.78 Å². The minimum absolute atomic E-state index is 0.0363. The van der Waals surface area contributed by atoms with Crippen molar-refractivity contribution in [3.8, 4) is 0 Å². The Morgan fingerprint density at radius 3 is 2.80 bits per heavy atom. The average Bonchev–Trinajstić information content (AvgIpc) is 2.64. The lowest BCUT2D eigenvalue weighted by atomic mass is 9.85.